The van der Waals surface area contributed by atoms with Crippen LogP contribution in [0.5, 0.6) is 0 Å². The quantitative estimate of drug-likeness (QED) is 0.782. The van der Waals surface area contributed by atoms with Gasteiger partial charge < -0.3 is 10.6 Å². The summed E-state index contributed by atoms with van der Waals surface area (Å²) in [5.41, 5.74) is 5.94. The van der Waals surface area contributed by atoms with Gasteiger partial charge >= 0.3 is 0 Å². The van der Waals surface area contributed by atoms with Gasteiger partial charge in [-0.05, 0) is 31.1 Å². The van der Waals surface area contributed by atoms with Crippen molar-refractivity contribution in [3.8, 4) is 0 Å². The molecule has 18 heavy (non-hydrogen) atoms. The topological polar surface area (TPSA) is 87.9 Å². The lowest BCUT2D eigenvalue weighted by molar-refractivity contribution is 0.0576. The van der Waals surface area contributed by atoms with Gasteiger partial charge in [0, 0.05) is 13.1 Å². The van der Waals surface area contributed by atoms with Gasteiger partial charge in [0.2, 0.25) is 11.8 Å². The van der Waals surface area contributed by atoms with Crippen molar-refractivity contribution in [3.63, 3.8) is 0 Å². The smallest absolute Gasteiger partial charge is 0.291 e. The lowest BCUT2D eigenvalue weighted by atomic mass is 9.77. The zero-order valence-corrected chi connectivity index (χ0v) is 10.5. The molecule has 0 atom stereocenters. The van der Waals surface area contributed by atoms with E-state index in [9.17, 15) is 4.79 Å². The number of aromatic nitrogens is 3. The first kappa shape index (κ1) is 11.5. The third kappa shape index (κ3) is 1.95. The van der Waals surface area contributed by atoms with Gasteiger partial charge in [-0.25, -0.2) is 0 Å². The number of carbonyl (C=O) groups excluding carboxylic acids is 1. The number of nitrogens with zero attached hydrogens (tertiary/aromatic N) is 3. The fraction of sp³-hybridized carbons (Fsp3) is 0.750. The summed E-state index contributed by atoms with van der Waals surface area (Å²) in [4.78, 5) is 17.9. The largest absolute Gasteiger partial charge is 0.366 e. The van der Waals surface area contributed by atoms with Crippen LogP contribution in [0.1, 0.15) is 49.1 Å². The second kappa shape index (κ2) is 4.26. The molecule has 1 saturated heterocycles. The average Bonchev–Trinajstić information content (AvgIpc) is 3.00. The highest BCUT2D eigenvalue weighted by molar-refractivity contribution is 5.90. The predicted octanol–water partition coefficient (Wildman–Crippen LogP) is 1.18. The molecule has 6 nitrogen and oxygen atoms in total. The Balaban J connectivity index is 1.64. The highest BCUT2D eigenvalue weighted by Crippen LogP contribution is 2.46. The summed E-state index contributed by atoms with van der Waals surface area (Å²) in [5, 5.41) is 6.28. The molecular formula is C12H19N5O. The van der Waals surface area contributed by atoms with Crippen molar-refractivity contribution in [1.82, 2.24) is 20.1 Å². The lowest BCUT2D eigenvalue weighted by Gasteiger charge is -2.39. The molecular weight excluding hydrogens is 230 g/mol. The van der Waals surface area contributed by atoms with Crippen LogP contribution in [-0.4, -0.2) is 39.1 Å². The van der Waals surface area contributed by atoms with E-state index in [2.05, 4.69) is 15.2 Å². The number of likely N-dealkylation sites (tertiary alicyclic amines) is 1. The average molecular weight is 249 g/mol. The molecule has 6 heteroatoms. The minimum Gasteiger partial charge on any atom is -0.366 e. The van der Waals surface area contributed by atoms with E-state index < -0.39 is 0 Å². The van der Waals surface area contributed by atoms with Crippen molar-refractivity contribution in [1.29, 1.82) is 0 Å². The summed E-state index contributed by atoms with van der Waals surface area (Å²) in [6.07, 6.45) is 7.64. The summed E-state index contributed by atoms with van der Waals surface area (Å²) >= 11 is 0. The van der Waals surface area contributed by atoms with E-state index in [1.165, 1.54) is 25.7 Å². The molecule has 2 heterocycles. The van der Waals surface area contributed by atoms with Crippen LogP contribution in [0.4, 0.5) is 5.95 Å². The summed E-state index contributed by atoms with van der Waals surface area (Å²) in [7, 11) is 0. The summed E-state index contributed by atoms with van der Waals surface area (Å²) in [6, 6.07) is 0. The van der Waals surface area contributed by atoms with E-state index in [4.69, 9.17) is 5.73 Å². The number of hydrogen-bond donors (Lipinski definition) is 2. The maximum Gasteiger partial charge on any atom is 0.291 e. The highest BCUT2D eigenvalue weighted by atomic mass is 16.2. The van der Waals surface area contributed by atoms with Crippen LogP contribution in [-0.2, 0) is 0 Å². The number of piperidine rings is 1. The Morgan fingerprint density at radius 3 is 2.44 bits per heavy atom. The number of amides is 1. The fourth-order valence-corrected chi connectivity index (χ4v) is 3.33. The number of H-pyrrole nitrogens is 1. The SMILES string of the molecule is Nc1n[nH]c(C(=O)N2CCC3(CCCC3)CC2)n1. The minimum absolute atomic E-state index is 0.0768. The van der Waals surface area contributed by atoms with E-state index in [0.717, 1.165) is 25.9 Å². The summed E-state index contributed by atoms with van der Waals surface area (Å²) in [5.74, 6) is 0.310. The van der Waals surface area contributed by atoms with Crippen LogP contribution in [0, 0.1) is 5.41 Å². The van der Waals surface area contributed by atoms with Crippen molar-refractivity contribution in [2.45, 2.75) is 38.5 Å². The Hall–Kier alpha value is -1.59. The standard InChI is InChI=1S/C12H19N5O/c13-11-14-9(15-16-11)10(18)17-7-5-12(6-8-17)3-1-2-4-12/h1-8H2,(H3,13,14,15,16). The van der Waals surface area contributed by atoms with E-state index in [-0.39, 0.29) is 17.7 Å². The summed E-state index contributed by atoms with van der Waals surface area (Å²) in [6.45, 7) is 1.67. The molecule has 1 saturated carbocycles. The van der Waals surface area contributed by atoms with Gasteiger partial charge in [-0.2, -0.15) is 4.98 Å². The van der Waals surface area contributed by atoms with Crippen LogP contribution in [0.3, 0.4) is 0 Å². The Kier molecular flexibility index (Phi) is 2.72. The first-order valence-electron chi connectivity index (χ1n) is 6.66. The number of rotatable bonds is 1. The number of carbonyl (C=O) groups is 1. The minimum atomic E-state index is -0.0768. The number of nitrogen functional groups attached to an aromatic ring is 1. The van der Waals surface area contributed by atoms with Crippen molar-refractivity contribution >= 4 is 11.9 Å². The lowest BCUT2D eigenvalue weighted by Crippen LogP contribution is -2.42. The number of nitrogens with one attached hydrogen (secondary N) is 1. The fourth-order valence-electron chi connectivity index (χ4n) is 3.33. The Bertz CT molecular complexity index is 439. The van der Waals surface area contributed by atoms with Gasteiger partial charge in [0.1, 0.15) is 0 Å². The van der Waals surface area contributed by atoms with Crippen molar-refractivity contribution in [2.24, 2.45) is 5.41 Å². The maximum atomic E-state index is 12.2. The van der Waals surface area contributed by atoms with Gasteiger partial charge in [0.05, 0.1) is 0 Å². The second-order valence-electron chi connectivity index (χ2n) is 5.54. The molecule has 0 bridgehead atoms. The molecule has 3 rings (SSSR count). The predicted molar refractivity (Wildman–Crippen MR) is 66.8 cm³/mol. The van der Waals surface area contributed by atoms with Crippen molar-refractivity contribution in [3.05, 3.63) is 5.82 Å². The zero-order valence-electron chi connectivity index (χ0n) is 10.5. The summed E-state index contributed by atoms with van der Waals surface area (Å²) < 4.78 is 0. The Morgan fingerprint density at radius 2 is 1.89 bits per heavy atom. The molecule has 1 amide bonds. The van der Waals surface area contributed by atoms with E-state index in [1.54, 1.807) is 0 Å². The van der Waals surface area contributed by atoms with Gasteiger partial charge in [-0.1, -0.05) is 12.8 Å². The van der Waals surface area contributed by atoms with Gasteiger partial charge in [-0.3, -0.25) is 9.89 Å². The molecule has 1 aromatic rings. The van der Waals surface area contributed by atoms with Crippen LogP contribution < -0.4 is 5.73 Å². The third-order valence-corrected chi connectivity index (χ3v) is 4.48. The molecule has 2 aliphatic rings. The molecule has 1 aromatic heterocycles. The van der Waals surface area contributed by atoms with Gasteiger partial charge in [0.25, 0.3) is 5.91 Å². The molecule has 1 aliphatic carbocycles. The van der Waals surface area contributed by atoms with E-state index in [0.29, 0.717) is 5.41 Å². The molecule has 0 unspecified atom stereocenters. The molecule has 0 aromatic carbocycles. The third-order valence-electron chi connectivity index (χ3n) is 4.48. The number of anilines is 1. The van der Waals surface area contributed by atoms with Crippen LogP contribution >= 0.6 is 0 Å². The van der Waals surface area contributed by atoms with Crippen LogP contribution in [0.2, 0.25) is 0 Å². The van der Waals surface area contributed by atoms with Gasteiger partial charge in [0.15, 0.2) is 0 Å². The van der Waals surface area contributed by atoms with Crippen molar-refractivity contribution < 1.29 is 4.79 Å². The Morgan fingerprint density at radius 1 is 1.22 bits per heavy atom. The Labute approximate surface area is 106 Å². The second-order valence-corrected chi connectivity index (χ2v) is 5.54. The molecule has 0 radical (unpaired) electrons. The maximum absolute atomic E-state index is 12.2. The van der Waals surface area contributed by atoms with E-state index in [1.807, 2.05) is 4.90 Å². The zero-order chi connectivity index (χ0) is 12.6. The van der Waals surface area contributed by atoms with Crippen molar-refractivity contribution in [2.75, 3.05) is 18.8 Å². The first-order chi connectivity index (χ1) is 8.69. The molecule has 1 aliphatic heterocycles. The molecule has 1 spiro atoms. The normalized spacial score (nSPS) is 22.6. The number of hydrogen-bond acceptors (Lipinski definition) is 4. The van der Waals surface area contributed by atoms with Gasteiger partial charge in [-0.15, -0.1) is 5.10 Å². The molecule has 3 N–H and O–H groups in total. The number of aromatic amines is 1. The van der Waals surface area contributed by atoms with E-state index >= 15 is 0 Å². The molecule has 2 fully saturated rings. The molecule has 98 valence electrons. The highest BCUT2D eigenvalue weighted by Gasteiger charge is 2.38. The number of nitrogens with two attached hydrogens (primary N) is 1. The van der Waals surface area contributed by atoms with Crippen LogP contribution in [0.25, 0.3) is 0 Å². The van der Waals surface area contributed by atoms with Crippen LogP contribution in [0.15, 0.2) is 0 Å². The first-order valence-corrected chi connectivity index (χ1v) is 6.66. The monoisotopic (exact) mass is 249 g/mol.